The number of aliphatic imine (C=N–C) groups is 1. The third-order valence-corrected chi connectivity index (χ3v) is 3.24. The van der Waals surface area contributed by atoms with Crippen molar-refractivity contribution >= 4 is 6.21 Å². The molecule has 80 valence electrons. The van der Waals surface area contributed by atoms with E-state index in [2.05, 4.69) is 47.5 Å². The van der Waals surface area contributed by atoms with E-state index in [9.17, 15) is 0 Å². The summed E-state index contributed by atoms with van der Waals surface area (Å²) in [6.45, 7) is 0. The van der Waals surface area contributed by atoms with Gasteiger partial charge in [0.15, 0.2) is 0 Å². The molecule has 3 unspecified atom stereocenters. The molecule has 1 aromatic carbocycles. The summed E-state index contributed by atoms with van der Waals surface area (Å²) in [7, 11) is 0. The summed E-state index contributed by atoms with van der Waals surface area (Å²) in [5, 5.41) is 0. The average molecular weight is 210 g/mol. The standard InChI is InChI=1S/C14H14N2/c15-13-9-16-14-8-4-3-7-12(14)10-5-1-2-6-11(10)13/h1-9,12-14H,15H2. The smallest absolute Gasteiger partial charge is 0.0783 e. The van der Waals surface area contributed by atoms with E-state index in [1.165, 1.54) is 11.1 Å². The average Bonchev–Trinajstić information content (AvgIpc) is 2.49. The quantitative estimate of drug-likeness (QED) is 0.701. The van der Waals surface area contributed by atoms with Crippen molar-refractivity contribution in [1.82, 2.24) is 0 Å². The molecule has 1 aromatic rings. The van der Waals surface area contributed by atoms with Crippen LogP contribution < -0.4 is 5.73 Å². The monoisotopic (exact) mass is 210 g/mol. The first kappa shape index (κ1) is 9.55. The van der Waals surface area contributed by atoms with Crippen molar-refractivity contribution in [3.05, 3.63) is 59.7 Å². The van der Waals surface area contributed by atoms with Gasteiger partial charge in [0.25, 0.3) is 0 Å². The van der Waals surface area contributed by atoms with Crippen LogP contribution in [0.15, 0.2) is 53.6 Å². The minimum Gasteiger partial charge on any atom is -0.320 e. The molecule has 2 N–H and O–H groups in total. The van der Waals surface area contributed by atoms with E-state index in [4.69, 9.17) is 5.73 Å². The van der Waals surface area contributed by atoms with Gasteiger partial charge in [0.05, 0.1) is 12.1 Å². The van der Waals surface area contributed by atoms with Gasteiger partial charge in [-0.3, -0.25) is 4.99 Å². The second kappa shape index (κ2) is 3.72. The Morgan fingerprint density at radius 3 is 2.62 bits per heavy atom. The molecule has 3 rings (SSSR count). The van der Waals surface area contributed by atoms with E-state index in [-0.39, 0.29) is 12.1 Å². The van der Waals surface area contributed by atoms with Crippen LogP contribution in [-0.4, -0.2) is 12.3 Å². The van der Waals surface area contributed by atoms with Crippen LogP contribution in [0.4, 0.5) is 0 Å². The molecule has 3 atom stereocenters. The predicted molar refractivity (Wildman–Crippen MR) is 66.7 cm³/mol. The van der Waals surface area contributed by atoms with Crippen LogP contribution in [0.5, 0.6) is 0 Å². The van der Waals surface area contributed by atoms with Gasteiger partial charge in [0, 0.05) is 12.1 Å². The first-order chi connectivity index (χ1) is 7.86. The summed E-state index contributed by atoms with van der Waals surface area (Å²) in [5.41, 5.74) is 8.60. The first-order valence-corrected chi connectivity index (χ1v) is 5.59. The normalized spacial score (nSPS) is 30.7. The van der Waals surface area contributed by atoms with Crippen molar-refractivity contribution in [3.63, 3.8) is 0 Å². The van der Waals surface area contributed by atoms with Crippen LogP contribution in [0.1, 0.15) is 23.1 Å². The van der Waals surface area contributed by atoms with Gasteiger partial charge in [-0.25, -0.2) is 0 Å². The van der Waals surface area contributed by atoms with Gasteiger partial charge in [-0.2, -0.15) is 0 Å². The number of nitrogens with zero attached hydrogens (tertiary/aromatic N) is 1. The molecule has 2 aliphatic rings. The van der Waals surface area contributed by atoms with Crippen molar-refractivity contribution in [3.8, 4) is 0 Å². The fraction of sp³-hybridized carbons (Fsp3) is 0.214. The van der Waals surface area contributed by atoms with Gasteiger partial charge < -0.3 is 5.73 Å². The summed E-state index contributed by atoms with van der Waals surface area (Å²) >= 11 is 0. The largest absolute Gasteiger partial charge is 0.320 e. The highest BCUT2D eigenvalue weighted by Crippen LogP contribution is 2.33. The van der Waals surface area contributed by atoms with Crippen LogP contribution in [0.25, 0.3) is 0 Å². The van der Waals surface area contributed by atoms with E-state index in [1.807, 2.05) is 12.3 Å². The summed E-state index contributed by atoms with van der Waals surface area (Å²) in [6.07, 6.45) is 10.4. The highest BCUT2D eigenvalue weighted by atomic mass is 14.8. The number of benzene rings is 1. The Bertz CT molecular complexity index is 485. The second-order valence-corrected chi connectivity index (χ2v) is 4.24. The molecule has 2 nitrogen and oxygen atoms in total. The first-order valence-electron chi connectivity index (χ1n) is 5.59. The number of hydrogen-bond acceptors (Lipinski definition) is 2. The minimum absolute atomic E-state index is 0.0800. The Hall–Kier alpha value is -1.67. The summed E-state index contributed by atoms with van der Waals surface area (Å²) in [4.78, 5) is 4.55. The van der Waals surface area contributed by atoms with Crippen LogP contribution in [0.3, 0.4) is 0 Å². The lowest BCUT2D eigenvalue weighted by Gasteiger charge is -2.21. The Balaban J connectivity index is 2.17. The van der Waals surface area contributed by atoms with Crippen molar-refractivity contribution < 1.29 is 0 Å². The molecule has 0 fully saturated rings. The van der Waals surface area contributed by atoms with Crippen LogP contribution in [0, 0.1) is 0 Å². The number of hydrogen-bond donors (Lipinski definition) is 1. The van der Waals surface area contributed by atoms with Crippen LogP contribution in [-0.2, 0) is 0 Å². The van der Waals surface area contributed by atoms with Crippen molar-refractivity contribution in [2.75, 3.05) is 0 Å². The maximum atomic E-state index is 6.10. The van der Waals surface area contributed by atoms with Gasteiger partial charge in [-0.1, -0.05) is 48.6 Å². The lowest BCUT2D eigenvalue weighted by molar-refractivity contribution is 0.720. The third-order valence-electron chi connectivity index (χ3n) is 3.24. The number of nitrogens with two attached hydrogens (primary N) is 1. The van der Waals surface area contributed by atoms with Gasteiger partial charge in [-0.05, 0) is 11.1 Å². The van der Waals surface area contributed by atoms with Crippen LogP contribution in [0.2, 0.25) is 0 Å². The SMILES string of the molecule is NC1C=NC2C=CC=CC2c2ccccc21. The molecule has 0 bridgehead atoms. The fourth-order valence-corrected chi connectivity index (χ4v) is 2.42. The molecule has 0 amide bonds. The Kier molecular flexibility index (Phi) is 2.22. The van der Waals surface area contributed by atoms with Gasteiger partial charge in [0.2, 0.25) is 0 Å². The maximum Gasteiger partial charge on any atom is 0.0783 e. The fourth-order valence-electron chi connectivity index (χ4n) is 2.42. The zero-order valence-electron chi connectivity index (χ0n) is 8.95. The molecule has 0 radical (unpaired) electrons. The second-order valence-electron chi connectivity index (χ2n) is 4.24. The van der Waals surface area contributed by atoms with Gasteiger partial charge in [0.1, 0.15) is 0 Å². The molecular weight excluding hydrogens is 196 g/mol. The summed E-state index contributed by atoms with van der Waals surface area (Å²) in [6, 6.07) is 8.49. The molecule has 0 saturated carbocycles. The van der Waals surface area contributed by atoms with E-state index in [0.717, 1.165) is 0 Å². The molecular formula is C14H14N2. The van der Waals surface area contributed by atoms with E-state index in [0.29, 0.717) is 5.92 Å². The molecule has 0 spiro atoms. The molecule has 2 heteroatoms. The van der Waals surface area contributed by atoms with Crippen LogP contribution >= 0.6 is 0 Å². The molecule has 1 heterocycles. The molecule has 1 aliphatic heterocycles. The molecule has 16 heavy (non-hydrogen) atoms. The zero-order chi connectivity index (χ0) is 11.0. The third kappa shape index (κ3) is 1.42. The van der Waals surface area contributed by atoms with E-state index in [1.54, 1.807) is 0 Å². The summed E-state index contributed by atoms with van der Waals surface area (Å²) < 4.78 is 0. The number of rotatable bonds is 0. The van der Waals surface area contributed by atoms with E-state index >= 15 is 0 Å². The minimum atomic E-state index is -0.0800. The van der Waals surface area contributed by atoms with Gasteiger partial charge >= 0.3 is 0 Å². The highest BCUT2D eigenvalue weighted by Gasteiger charge is 2.25. The molecule has 0 saturated heterocycles. The van der Waals surface area contributed by atoms with Crippen molar-refractivity contribution in [2.45, 2.75) is 18.0 Å². The molecule has 0 aromatic heterocycles. The Labute approximate surface area is 95.2 Å². The van der Waals surface area contributed by atoms with E-state index < -0.39 is 0 Å². The Morgan fingerprint density at radius 2 is 1.75 bits per heavy atom. The molecule has 1 aliphatic carbocycles. The van der Waals surface area contributed by atoms with Gasteiger partial charge in [-0.15, -0.1) is 0 Å². The van der Waals surface area contributed by atoms with Crippen molar-refractivity contribution in [2.24, 2.45) is 10.7 Å². The highest BCUT2D eigenvalue weighted by molar-refractivity contribution is 5.70. The zero-order valence-corrected chi connectivity index (χ0v) is 8.95. The Morgan fingerprint density at radius 1 is 1.00 bits per heavy atom. The predicted octanol–water partition coefficient (Wildman–Crippen LogP) is 2.35. The lowest BCUT2D eigenvalue weighted by Crippen LogP contribution is -2.15. The number of fused-ring (bicyclic) bond motifs is 3. The topological polar surface area (TPSA) is 38.4 Å². The maximum absolute atomic E-state index is 6.10. The number of allylic oxidation sites excluding steroid dienone is 2. The lowest BCUT2D eigenvalue weighted by atomic mass is 9.85. The summed E-state index contributed by atoms with van der Waals surface area (Å²) in [5.74, 6) is 0.339. The van der Waals surface area contributed by atoms with Crippen molar-refractivity contribution in [1.29, 1.82) is 0 Å².